The number of benzene rings is 1. The third kappa shape index (κ3) is 3.64. The van der Waals surface area contributed by atoms with E-state index in [1.165, 1.54) is 0 Å². The van der Waals surface area contributed by atoms with Gasteiger partial charge in [0.1, 0.15) is 0 Å². The summed E-state index contributed by atoms with van der Waals surface area (Å²) in [6.07, 6.45) is 5.99. The molecule has 2 nitrogen and oxygen atoms in total. The molecule has 0 radical (unpaired) electrons. The van der Waals surface area contributed by atoms with Crippen molar-refractivity contribution in [3.63, 3.8) is 0 Å². The van der Waals surface area contributed by atoms with Crippen molar-refractivity contribution in [3.8, 4) is 12.3 Å². The van der Waals surface area contributed by atoms with Crippen LogP contribution in [0.25, 0.3) is 0 Å². The summed E-state index contributed by atoms with van der Waals surface area (Å²) in [5, 5.41) is 3.26. The number of hydrogen-bond acceptors (Lipinski definition) is 2. The average Bonchev–Trinajstić information content (AvgIpc) is 2.35. The molecule has 1 unspecified atom stereocenters. The van der Waals surface area contributed by atoms with Crippen molar-refractivity contribution in [3.05, 3.63) is 29.8 Å². The van der Waals surface area contributed by atoms with Crippen LogP contribution in [0.3, 0.4) is 0 Å². The van der Waals surface area contributed by atoms with E-state index in [4.69, 9.17) is 6.42 Å². The first-order valence-electron chi connectivity index (χ1n) is 5.94. The van der Waals surface area contributed by atoms with E-state index in [0.29, 0.717) is 12.3 Å². The van der Waals surface area contributed by atoms with E-state index in [1.807, 2.05) is 31.2 Å². The third-order valence-corrected chi connectivity index (χ3v) is 2.70. The molecule has 0 aliphatic carbocycles. The molecule has 1 aromatic carbocycles. The molecule has 0 heterocycles. The van der Waals surface area contributed by atoms with Crippen LogP contribution in [0.2, 0.25) is 0 Å². The summed E-state index contributed by atoms with van der Waals surface area (Å²) in [6.45, 7) is 6.01. The second-order valence-electron chi connectivity index (χ2n) is 4.39. The predicted molar refractivity (Wildman–Crippen MR) is 72.1 cm³/mol. The van der Waals surface area contributed by atoms with Gasteiger partial charge in [-0.05, 0) is 30.2 Å². The zero-order valence-corrected chi connectivity index (χ0v) is 10.7. The van der Waals surface area contributed by atoms with Crippen molar-refractivity contribution in [1.29, 1.82) is 0 Å². The minimum absolute atomic E-state index is 0.0164. The lowest BCUT2D eigenvalue weighted by atomic mass is 10.0. The quantitative estimate of drug-likeness (QED) is 0.619. The van der Waals surface area contributed by atoms with Crippen LogP contribution in [0.5, 0.6) is 0 Å². The third-order valence-electron chi connectivity index (χ3n) is 2.70. The number of hydrogen-bond donors (Lipinski definition) is 1. The standard InChI is InChI=1S/C15H19NO/c1-5-14(11(3)4)16-13-9-7-12(8-10-13)15(17)6-2/h1,7-11,14,16H,6H2,2-4H3. The number of ketones is 1. The van der Waals surface area contributed by atoms with Crippen LogP contribution < -0.4 is 5.32 Å². The van der Waals surface area contributed by atoms with Crippen molar-refractivity contribution in [2.75, 3.05) is 5.32 Å². The number of Topliss-reactive ketones (excluding diaryl/α,β-unsaturated/α-hetero) is 1. The van der Waals surface area contributed by atoms with Gasteiger partial charge in [0.2, 0.25) is 0 Å². The highest BCUT2D eigenvalue weighted by atomic mass is 16.1. The summed E-state index contributed by atoms with van der Waals surface area (Å²) in [5.41, 5.74) is 1.70. The summed E-state index contributed by atoms with van der Waals surface area (Å²) in [4.78, 5) is 11.5. The van der Waals surface area contributed by atoms with Gasteiger partial charge < -0.3 is 5.32 Å². The van der Waals surface area contributed by atoms with E-state index in [1.54, 1.807) is 0 Å². The average molecular weight is 229 g/mol. The highest BCUT2D eigenvalue weighted by Crippen LogP contribution is 2.14. The van der Waals surface area contributed by atoms with Crippen LogP contribution in [-0.2, 0) is 0 Å². The molecule has 1 atom stereocenters. The van der Waals surface area contributed by atoms with Crippen molar-refractivity contribution in [2.24, 2.45) is 5.92 Å². The Morgan fingerprint density at radius 3 is 2.35 bits per heavy atom. The van der Waals surface area contributed by atoms with Gasteiger partial charge >= 0.3 is 0 Å². The van der Waals surface area contributed by atoms with Crippen LogP contribution in [0.1, 0.15) is 37.6 Å². The van der Waals surface area contributed by atoms with Crippen LogP contribution in [0, 0.1) is 18.3 Å². The van der Waals surface area contributed by atoms with Gasteiger partial charge in [-0.3, -0.25) is 4.79 Å². The maximum absolute atomic E-state index is 11.5. The van der Waals surface area contributed by atoms with Crippen LogP contribution in [0.15, 0.2) is 24.3 Å². The smallest absolute Gasteiger partial charge is 0.162 e. The molecule has 0 fully saturated rings. The molecule has 0 aromatic heterocycles. The summed E-state index contributed by atoms with van der Waals surface area (Å²) in [7, 11) is 0. The zero-order chi connectivity index (χ0) is 12.8. The second-order valence-corrected chi connectivity index (χ2v) is 4.39. The van der Waals surface area contributed by atoms with Crippen LogP contribution in [-0.4, -0.2) is 11.8 Å². The van der Waals surface area contributed by atoms with E-state index < -0.39 is 0 Å². The van der Waals surface area contributed by atoms with Gasteiger partial charge in [-0.25, -0.2) is 0 Å². The SMILES string of the molecule is C#CC(Nc1ccc(C(=O)CC)cc1)C(C)C. The molecule has 1 aromatic rings. The molecule has 0 aliphatic heterocycles. The maximum Gasteiger partial charge on any atom is 0.162 e. The first-order chi connectivity index (χ1) is 8.08. The summed E-state index contributed by atoms with van der Waals surface area (Å²) in [6, 6.07) is 7.48. The lowest BCUT2D eigenvalue weighted by Gasteiger charge is -2.17. The molecule has 0 amide bonds. The van der Waals surface area contributed by atoms with Gasteiger partial charge in [0, 0.05) is 17.7 Å². The van der Waals surface area contributed by atoms with Gasteiger partial charge in [-0.1, -0.05) is 26.7 Å². The van der Waals surface area contributed by atoms with Crippen LogP contribution >= 0.6 is 0 Å². The second kappa shape index (κ2) is 6.10. The monoisotopic (exact) mass is 229 g/mol. The fraction of sp³-hybridized carbons (Fsp3) is 0.400. The normalized spacial score (nSPS) is 11.9. The Hall–Kier alpha value is -1.75. The van der Waals surface area contributed by atoms with Crippen molar-refractivity contribution in [1.82, 2.24) is 0 Å². The number of rotatable bonds is 5. The van der Waals surface area contributed by atoms with Gasteiger partial charge in [-0.2, -0.15) is 0 Å². The summed E-state index contributed by atoms with van der Waals surface area (Å²) >= 11 is 0. The van der Waals surface area contributed by atoms with Gasteiger partial charge in [0.05, 0.1) is 6.04 Å². The Kier molecular flexibility index (Phi) is 4.78. The molecule has 2 heteroatoms. The molecule has 0 aliphatic rings. The molecule has 1 rings (SSSR count). The molecule has 0 saturated heterocycles. The summed E-state index contributed by atoms with van der Waals surface area (Å²) in [5.74, 6) is 3.25. The molecule has 17 heavy (non-hydrogen) atoms. The van der Waals surface area contributed by atoms with Gasteiger partial charge in [-0.15, -0.1) is 6.42 Å². The molecule has 1 N–H and O–H groups in total. The lowest BCUT2D eigenvalue weighted by Crippen LogP contribution is -2.23. The summed E-state index contributed by atoms with van der Waals surface area (Å²) < 4.78 is 0. The van der Waals surface area contributed by atoms with E-state index >= 15 is 0 Å². The molecule has 0 bridgehead atoms. The highest BCUT2D eigenvalue weighted by Gasteiger charge is 2.09. The molecular formula is C15H19NO. The highest BCUT2D eigenvalue weighted by molar-refractivity contribution is 5.96. The minimum Gasteiger partial charge on any atom is -0.371 e. The molecule has 0 spiro atoms. The van der Waals surface area contributed by atoms with E-state index in [9.17, 15) is 4.79 Å². The Morgan fingerprint density at radius 2 is 1.94 bits per heavy atom. The number of terminal acetylenes is 1. The lowest BCUT2D eigenvalue weighted by molar-refractivity contribution is 0.0988. The topological polar surface area (TPSA) is 29.1 Å². The Labute approximate surface area is 103 Å². The fourth-order valence-electron chi connectivity index (χ4n) is 1.54. The van der Waals surface area contributed by atoms with E-state index in [0.717, 1.165) is 11.3 Å². The predicted octanol–water partition coefficient (Wildman–Crippen LogP) is 3.35. The Balaban J connectivity index is 2.75. The van der Waals surface area contributed by atoms with Crippen molar-refractivity contribution in [2.45, 2.75) is 33.2 Å². The van der Waals surface area contributed by atoms with Crippen molar-refractivity contribution < 1.29 is 4.79 Å². The fourth-order valence-corrected chi connectivity index (χ4v) is 1.54. The van der Waals surface area contributed by atoms with Gasteiger partial charge in [0.15, 0.2) is 5.78 Å². The molecule has 0 saturated carbocycles. The van der Waals surface area contributed by atoms with E-state index in [2.05, 4.69) is 25.1 Å². The molecule has 90 valence electrons. The van der Waals surface area contributed by atoms with Crippen molar-refractivity contribution >= 4 is 11.5 Å². The Bertz CT molecular complexity index is 412. The Morgan fingerprint density at radius 1 is 1.35 bits per heavy atom. The van der Waals surface area contributed by atoms with Gasteiger partial charge in [0.25, 0.3) is 0 Å². The first-order valence-corrected chi connectivity index (χ1v) is 5.94. The maximum atomic E-state index is 11.5. The number of carbonyl (C=O) groups is 1. The van der Waals surface area contributed by atoms with Crippen LogP contribution in [0.4, 0.5) is 5.69 Å². The number of carbonyl (C=O) groups excluding carboxylic acids is 1. The zero-order valence-electron chi connectivity index (χ0n) is 10.7. The number of anilines is 1. The van der Waals surface area contributed by atoms with E-state index in [-0.39, 0.29) is 11.8 Å². The largest absolute Gasteiger partial charge is 0.371 e. The number of nitrogens with one attached hydrogen (secondary N) is 1. The first kappa shape index (κ1) is 13.3. The molecular weight excluding hydrogens is 210 g/mol. The minimum atomic E-state index is 0.0164.